The van der Waals surface area contributed by atoms with E-state index in [1.807, 2.05) is 12.1 Å². The van der Waals surface area contributed by atoms with Crippen molar-refractivity contribution < 1.29 is 14.7 Å². The van der Waals surface area contributed by atoms with Crippen LogP contribution in [0.4, 0.5) is 0 Å². The van der Waals surface area contributed by atoms with Gasteiger partial charge in [-0.3, -0.25) is 4.79 Å². The van der Waals surface area contributed by atoms with Crippen LogP contribution >= 0.6 is 0 Å². The Kier molecular flexibility index (Phi) is 4.33. The Labute approximate surface area is 135 Å². The maximum Gasteiger partial charge on any atom is 0.329 e. The largest absolute Gasteiger partial charge is 0.480 e. The summed E-state index contributed by atoms with van der Waals surface area (Å²) >= 11 is 0. The highest BCUT2D eigenvalue weighted by Gasteiger charge is 2.45. The second-order valence-corrected chi connectivity index (χ2v) is 6.32. The number of benzene rings is 2. The van der Waals surface area contributed by atoms with Crippen molar-refractivity contribution in [1.82, 2.24) is 5.32 Å². The van der Waals surface area contributed by atoms with Crippen LogP contribution in [0.15, 0.2) is 42.5 Å². The molecule has 0 saturated heterocycles. The Bertz CT molecular complexity index is 734. The first-order valence-electron chi connectivity index (χ1n) is 8.11. The second kappa shape index (κ2) is 6.41. The van der Waals surface area contributed by atoms with Crippen molar-refractivity contribution in [2.24, 2.45) is 0 Å². The first-order chi connectivity index (χ1) is 11.1. The zero-order valence-corrected chi connectivity index (χ0v) is 13.0. The Hall–Kier alpha value is -2.36. The number of hydrogen-bond donors (Lipinski definition) is 2. The summed E-state index contributed by atoms with van der Waals surface area (Å²) in [5.41, 5.74) is 0.202. The highest BCUT2D eigenvalue weighted by atomic mass is 16.4. The van der Waals surface area contributed by atoms with E-state index in [4.69, 9.17) is 0 Å². The molecule has 2 aromatic rings. The lowest BCUT2D eigenvalue weighted by Crippen LogP contribution is -2.59. The Balaban J connectivity index is 1.52. The van der Waals surface area contributed by atoms with Gasteiger partial charge in [0.15, 0.2) is 0 Å². The van der Waals surface area contributed by atoms with Crippen LogP contribution < -0.4 is 5.32 Å². The average Bonchev–Trinajstić information content (AvgIpc) is 2.50. The van der Waals surface area contributed by atoms with E-state index in [1.54, 1.807) is 0 Å². The van der Waals surface area contributed by atoms with Gasteiger partial charge in [0.05, 0.1) is 0 Å². The molecule has 0 aromatic heterocycles. The lowest BCUT2D eigenvalue weighted by Gasteiger charge is -2.38. The number of fused-ring (bicyclic) bond motifs is 1. The third-order valence-electron chi connectivity index (χ3n) is 4.68. The van der Waals surface area contributed by atoms with E-state index in [2.05, 4.69) is 35.6 Å². The number of aliphatic carboxylic acids is 1. The molecule has 1 aliphatic carbocycles. The topological polar surface area (TPSA) is 66.4 Å². The second-order valence-electron chi connectivity index (χ2n) is 6.32. The summed E-state index contributed by atoms with van der Waals surface area (Å²) in [6.45, 7) is 0. The van der Waals surface area contributed by atoms with Crippen molar-refractivity contribution in [3.63, 3.8) is 0 Å². The molecule has 0 unspecified atom stereocenters. The van der Waals surface area contributed by atoms with Gasteiger partial charge in [0, 0.05) is 6.42 Å². The van der Waals surface area contributed by atoms with Gasteiger partial charge in [0.2, 0.25) is 5.91 Å². The lowest BCUT2D eigenvalue weighted by atomic mass is 9.76. The molecular weight excluding hydrogens is 290 g/mol. The third-order valence-corrected chi connectivity index (χ3v) is 4.68. The number of hydrogen-bond acceptors (Lipinski definition) is 2. The summed E-state index contributed by atoms with van der Waals surface area (Å²) in [6, 6.07) is 14.5. The molecule has 1 fully saturated rings. The summed E-state index contributed by atoms with van der Waals surface area (Å²) in [5, 5.41) is 14.3. The van der Waals surface area contributed by atoms with E-state index in [1.165, 1.54) is 16.3 Å². The molecule has 1 aliphatic rings. The molecule has 3 rings (SSSR count). The van der Waals surface area contributed by atoms with Crippen LogP contribution in [0.25, 0.3) is 10.8 Å². The number of aryl methyl sites for hydroxylation is 1. The molecule has 2 N–H and O–H groups in total. The summed E-state index contributed by atoms with van der Waals surface area (Å²) in [5.74, 6) is -1.07. The van der Waals surface area contributed by atoms with Crippen LogP contribution in [-0.2, 0) is 16.0 Å². The van der Waals surface area contributed by atoms with Gasteiger partial charge in [0.1, 0.15) is 5.54 Å². The fraction of sp³-hybridized carbons (Fsp3) is 0.368. The van der Waals surface area contributed by atoms with Crippen molar-refractivity contribution in [1.29, 1.82) is 0 Å². The molecular formula is C19H21NO3. The van der Waals surface area contributed by atoms with Gasteiger partial charge in [0.25, 0.3) is 0 Å². The normalized spacial score (nSPS) is 15.8. The Morgan fingerprint density at radius 3 is 2.48 bits per heavy atom. The van der Waals surface area contributed by atoms with Crippen LogP contribution in [0.2, 0.25) is 0 Å². The van der Waals surface area contributed by atoms with Gasteiger partial charge in [-0.05, 0) is 48.4 Å². The number of amides is 1. The average molecular weight is 311 g/mol. The number of carbonyl (C=O) groups is 2. The maximum atomic E-state index is 12.0. The molecule has 120 valence electrons. The minimum absolute atomic E-state index is 0.159. The van der Waals surface area contributed by atoms with Crippen LogP contribution in [-0.4, -0.2) is 22.5 Å². The molecule has 0 atom stereocenters. The van der Waals surface area contributed by atoms with Gasteiger partial charge in [-0.2, -0.15) is 0 Å². The Morgan fingerprint density at radius 2 is 1.83 bits per heavy atom. The molecule has 0 bridgehead atoms. The SMILES string of the molecule is O=C(CCCc1ccc2ccccc2c1)NC1(C(=O)O)CCC1. The molecule has 0 radical (unpaired) electrons. The third kappa shape index (κ3) is 3.36. The molecule has 2 aromatic carbocycles. The standard InChI is InChI=1S/C19H21NO3/c21-17(20-19(18(22)23)11-4-12-19)8-3-5-14-9-10-15-6-1-2-7-16(15)13-14/h1-2,6-7,9-10,13H,3-5,8,11-12H2,(H,20,21)(H,22,23). The fourth-order valence-electron chi connectivity index (χ4n) is 3.10. The minimum atomic E-state index is -1.000. The number of carboxylic acid groups (broad SMARTS) is 1. The van der Waals surface area contributed by atoms with Crippen molar-refractivity contribution >= 4 is 22.6 Å². The monoisotopic (exact) mass is 311 g/mol. The highest BCUT2D eigenvalue weighted by Crippen LogP contribution is 2.32. The van der Waals surface area contributed by atoms with Crippen LogP contribution in [0, 0.1) is 0 Å². The van der Waals surface area contributed by atoms with Crippen LogP contribution in [0.1, 0.15) is 37.7 Å². The van der Waals surface area contributed by atoms with Crippen molar-refractivity contribution in [3.8, 4) is 0 Å². The van der Waals surface area contributed by atoms with E-state index in [9.17, 15) is 14.7 Å². The molecule has 4 heteroatoms. The summed E-state index contributed by atoms with van der Waals surface area (Å²) in [4.78, 5) is 23.2. The van der Waals surface area contributed by atoms with Gasteiger partial charge in [-0.1, -0.05) is 42.5 Å². The van der Waals surface area contributed by atoms with Gasteiger partial charge < -0.3 is 10.4 Å². The van der Waals surface area contributed by atoms with E-state index < -0.39 is 11.5 Å². The predicted octanol–water partition coefficient (Wildman–Crippen LogP) is 3.29. The molecule has 23 heavy (non-hydrogen) atoms. The quantitative estimate of drug-likeness (QED) is 0.860. The molecule has 0 aliphatic heterocycles. The lowest BCUT2D eigenvalue weighted by molar-refractivity contribution is -0.151. The van der Waals surface area contributed by atoms with Crippen LogP contribution in [0.3, 0.4) is 0 Å². The summed E-state index contributed by atoms with van der Waals surface area (Å²) in [6.07, 6.45) is 3.85. The zero-order chi connectivity index (χ0) is 16.3. The number of carbonyl (C=O) groups excluding carboxylic acids is 1. The predicted molar refractivity (Wildman–Crippen MR) is 89.2 cm³/mol. The molecule has 1 saturated carbocycles. The van der Waals surface area contributed by atoms with Crippen molar-refractivity contribution in [2.45, 2.75) is 44.1 Å². The fourth-order valence-corrected chi connectivity index (χ4v) is 3.10. The molecule has 4 nitrogen and oxygen atoms in total. The Morgan fingerprint density at radius 1 is 1.09 bits per heavy atom. The van der Waals surface area contributed by atoms with Gasteiger partial charge >= 0.3 is 5.97 Å². The summed E-state index contributed by atoms with van der Waals surface area (Å²) in [7, 11) is 0. The first-order valence-corrected chi connectivity index (χ1v) is 8.11. The summed E-state index contributed by atoms with van der Waals surface area (Å²) < 4.78 is 0. The first kappa shape index (κ1) is 15.5. The van der Waals surface area contributed by atoms with E-state index in [0.29, 0.717) is 19.3 Å². The number of carboxylic acids is 1. The molecule has 0 heterocycles. The smallest absolute Gasteiger partial charge is 0.329 e. The number of nitrogens with one attached hydrogen (secondary N) is 1. The van der Waals surface area contributed by atoms with Gasteiger partial charge in [-0.25, -0.2) is 4.79 Å². The van der Waals surface area contributed by atoms with Gasteiger partial charge in [-0.15, -0.1) is 0 Å². The number of rotatable bonds is 6. The highest BCUT2D eigenvalue weighted by molar-refractivity contribution is 5.88. The van der Waals surface area contributed by atoms with Crippen LogP contribution in [0.5, 0.6) is 0 Å². The van der Waals surface area contributed by atoms with E-state index in [0.717, 1.165) is 19.3 Å². The molecule has 1 amide bonds. The minimum Gasteiger partial charge on any atom is -0.480 e. The maximum absolute atomic E-state index is 12.0. The zero-order valence-electron chi connectivity index (χ0n) is 13.0. The van der Waals surface area contributed by atoms with Crippen molar-refractivity contribution in [3.05, 3.63) is 48.0 Å². The molecule has 0 spiro atoms. The van der Waals surface area contributed by atoms with Crippen molar-refractivity contribution in [2.75, 3.05) is 0 Å². The van der Waals surface area contributed by atoms with E-state index in [-0.39, 0.29) is 5.91 Å². The van der Waals surface area contributed by atoms with E-state index >= 15 is 0 Å².